The number of Topliss-reactive ketones (excluding diaryl/α,β-unsaturated/α-hetero) is 1. The molecule has 3 heteroatoms. The smallest absolute Gasteiger partial charge is 0.343 e. The van der Waals surface area contributed by atoms with Crippen LogP contribution in [0.1, 0.15) is 78.7 Å². The van der Waals surface area contributed by atoms with Gasteiger partial charge >= 0.3 is 5.97 Å². The van der Waals surface area contributed by atoms with E-state index in [9.17, 15) is 9.59 Å². The first kappa shape index (κ1) is 19.9. The van der Waals surface area contributed by atoms with Crippen LogP contribution in [0.4, 0.5) is 0 Å². The predicted molar refractivity (Wildman–Crippen MR) is 105 cm³/mol. The third-order valence-corrected chi connectivity index (χ3v) is 4.40. The van der Waals surface area contributed by atoms with Gasteiger partial charge in [-0.15, -0.1) is 0 Å². The number of carbonyl (C=O) groups is 2. The SMILES string of the molecule is CCCCCc1ccc(C(=O)Oc2ccc(C(=O)CCCC)cc2)cc1. The van der Waals surface area contributed by atoms with E-state index in [1.165, 1.54) is 24.8 Å². The Kier molecular flexibility index (Phi) is 8.07. The molecule has 0 radical (unpaired) electrons. The number of aryl methyl sites for hydroxylation is 1. The lowest BCUT2D eigenvalue weighted by atomic mass is 10.1. The van der Waals surface area contributed by atoms with Gasteiger partial charge in [-0.1, -0.05) is 45.2 Å². The topological polar surface area (TPSA) is 43.4 Å². The van der Waals surface area contributed by atoms with Gasteiger partial charge in [0.25, 0.3) is 0 Å². The van der Waals surface area contributed by atoms with E-state index in [0.29, 0.717) is 23.3 Å². The summed E-state index contributed by atoms with van der Waals surface area (Å²) in [6.45, 7) is 4.25. The molecule has 0 atom stereocenters. The van der Waals surface area contributed by atoms with Gasteiger partial charge in [0, 0.05) is 12.0 Å². The third kappa shape index (κ3) is 6.14. The molecule has 0 unspecified atom stereocenters. The van der Waals surface area contributed by atoms with Crippen molar-refractivity contribution in [2.45, 2.75) is 58.8 Å². The molecule has 2 rings (SSSR count). The fourth-order valence-corrected chi connectivity index (χ4v) is 2.74. The van der Waals surface area contributed by atoms with Crippen LogP contribution in [0.15, 0.2) is 48.5 Å². The Bertz CT molecular complexity index is 699. The van der Waals surface area contributed by atoms with Crippen molar-refractivity contribution < 1.29 is 14.3 Å². The molecule has 26 heavy (non-hydrogen) atoms. The maximum Gasteiger partial charge on any atom is 0.343 e. The Hall–Kier alpha value is -2.42. The molecular formula is C23H28O3. The molecule has 2 aromatic carbocycles. The second-order valence-corrected chi connectivity index (χ2v) is 6.59. The number of rotatable bonds is 10. The van der Waals surface area contributed by atoms with E-state index < -0.39 is 0 Å². The molecule has 3 nitrogen and oxygen atoms in total. The van der Waals surface area contributed by atoms with Crippen LogP contribution in [0.25, 0.3) is 0 Å². The van der Waals surface area contributed by atoms with Gasteiger partial charge in [-0.05, 0) is 61.2 Å². The number of unbranched alkanes of at least 4 members (excludes halogenated alkanes) is 3. The zero-order valence-corrected chi connectivity index (χ0v) is 15.8. The van der Waals surface area contributed by atoms with Crippen LogP contribution in [0, 0.1) is 0 Å². The van der Waals surface area contributed by atoms with Crippen LogP contribution in [-0.4, -0.2) is 11.8 Å². The van der Waals surface area contributed by atoms with E-state index in [-0.39, 0.29) is 11.8 Å². The van der Waals surface area contributed by atoms with Crippen molar-refractivity contribution in [1.82, 2.24) is 0 Å². The van der Waals surface area contributed by atoms with Gasteiger partial charge in [-0.2, -0.15) is 0 Å². The van der Waals surface area contributed by atoms with Crippen molar-refractivity contribution in [3.8, 4) is 5.75 Å². The number of ketones is 1. The summed E-state index contributed by atoms with van der Waals surface area (Å²) in [6, 6.07) is 14.4. The van der Waals surface area contributed by atoms with Gasteiger partial charge in [-0.3, -0.25) is 4.79 Å². The molecule has 0 saturated carbocycles. The highest BCUT2D eigenvalue weighted by Gasteiger charge is 2.10. The molecule has 138 valence electrons. The largest absolute Gasteiger partial charge is 0.423 e. The highest BCUT2D eigenvalue weighted by atomic mass is 16.5. The quantitative estimate of drug-likeness (QED) is 0.227. The molecule has 0 heterocycles. The molecule has 0 amide bonds. The highest BCUT2D eigenvalue weighted by molar-refractivity contribution is 5.96. The van der Waals surface area contributed by atoms with Crippen LogP contribution in [0.3, 0.4) is 0 Å². The summed E-state index contributed by atoms with van der Waals surface area (Å²) in [5, 5.41) is 0. The Morgan fingerprint density at radius 2 is 1.38 bits per heavy atom. The first-order chi connectivity index (χ1) is 12.6. The molecule has 0 spiro atoms. The summed E-state index contributed by atoms with van der Waals surface area (Å²) in [5.74, 6) is 0.201. The average Bonchev–Trinajstić information content (AvgIpc) is 2.67. The molecule has 0 bridgehead atoms. The molecule has 0 N–H and O–H groups in total. The Morgan fingerprint density at radius 3 is 2.00 bits per heavy atom. The number of ether oxygens (including phenoxy) is 1. The molecule has 0 aliphatic rings. The minimum absolute atomic E-state index is 0.128. The molecule has 0 fully saturated rings. The van der Waals surface area contributed by atoms with Gasteiger partial charge in [-0.25, -0.2) is 4.79 Å². The lowest BCUT2D eigenvalue weighted by molar-refractivity contribution is 0.0734. The number of hydrogen-bond acceptors (Lipinski definition) is 3. The molecule has 0 aromatic heterocycles. The number of benzene rings is 2. The van der Waals surface area contributed by atoms with Gasteiger partial charge in [0.2, 0.25) is 0 Å². The zero-order chi connectivity index (χ0) is 18.8. The predicted octanol–water partition coefficient (Wildman–Crippen LogP) is 6.01. The van der Waals surface area contributed by atoms with Crippen LogP contribution in [0.5, 0.6) is 5.75 Å². The van der Waals surface area contributed by atoms with Crippen LogP contribution in [0.2, 0.25) is 0 Å². The number of hydrogen-bond donors (Lipinski definition) is 0. The maximum absolute atomic E-state index is 12.3. The molecule has 0 aliphatic carbocycles. The summed E-state index contributed by atoms with van der Waals surface area (Å²) in [7, 11) is 0. The van der Waals surface area contributed by atoms with Gasteiger partial charge < -0.3 is 4.74 Å². The van der Waals surface area contributed by atoms with Gasteiger partial charge in [0.05, 0.1) is 5.56 Å². The minimum Gasteiger partial charge on any atom is -0.423 e. The van der Waals surface area contributed by atoms with E-state index in [2.05, 4.69) is 13.8 Å². The summed E-state index contributed by atoms with van der Waals surface area (Å²) >= 11 is 0. The van der Waals surface area contributed by atoms with E-state index in [0.717, 1.165) is 19.3 Å². The van der Waals surface area contributed by atoms with Crippen molar-refractivity contribution in [3.05, 3.63) is 65.2 Å². The first-order valence-corrected chi connectivity index (χ1v) is 9.58. The highest BCUT2D eigenvalue weighted by Crippen LogP contribution is 2.17. The van der Waals surface area contributed by atoms with Gasteiger partial charge in [0.1, 0.15) is 5.75 Å². The fourth-order valence-electron chi connectivity index (χ4n) is 2.74. The molecule has 0 saturated heterocycles. The van der Waals surface area contributed by atoms with E-state index in [1.807, 2.05) is 24.3 Å². The summed E-state index contributed by atoms with van der Waals surface area (Å²) in [5.41, 5.74) is 2.44. The Balaban J connectivity index is 1.91. The number of carbonyl (C=O) groups excluding carboxylic acids is 2. The maximum atomic E-state index is 12.3. The lowest BCUT2D eigenvalue weighted by Gasteiger charge is -2.07. The Labute approximate surface area is 156 Å². The minimum atomic E-state index is -0.379. The van der Waals surface area contributed by atoms with Gasteiger partial charge in [0.15, 0.2) is 5.78 Å². The van der Waals surface area contributed by atoms with Crippen molar-refractivity contribution in [2.24, 2.45) is 0 Å². The Morgan fingerprint density at radius 1 is 0.769 bits per heavy atom. The van der Waals surface area contributed by atoms with E-state index in [1.54, 1.807) is 24.3 Å². The molecular weight excluding hydrogens is 324 g/mol. The van der Waals surface area contributed by atoms with Crippen molar-refractivity contribution >= 4 is 11.8 Å². The zero-order valence-electron chi connectivity index (χ0n) is 15.8. The van der Waals surface area contributed by atoms with Crippen LogP contribution in [-0.2, 0) is 6.42 Å². The normalized spacial score (nSPS) is 10.5. The summed E-state index contributed by atoms with van der Waals surface area (Å²) < 4.78 is 5.40. The van der Waals surface area contributed by atoms with Crippen molar-refractivity contribution in [1.29, 1.82) is 0 Å². The summed E-state index contributed by atoms with van der Waals surface area (Å²) in [6.07, 6.45) is 7.08. The number of esters is 1. The fraction of sp³-hybridized carbons (Fsp3) is 0.391. The average molecular weight is 352 g/mol. The van der Waals surface area contributed by atoms with E-state index in [4.69, 9.17) is 4.74 Å². The lowest BCUT2D eigenvalue weighted by Crippen LogP contribution is -2.08. The van der Waals surface area contributed by atoms with Crippen molar-refractivity contribution in [3.63, 3.8) is 0 Å². The first-order valence-electron chi connectivity index (χ1n) is 9.58. The second kappa shape index (κ2) is 10.5. The monoisotopic (exact) mass is 352 g/mol. The summed E-state index contributed by atoms with van der Waals surface area (Å²) in [4.78, 5) is 24.2. The third-order valence-electron chi connectivity index (χ3n) is 4.40. The van der Waals surface area contributed by atoms with Crippen LogP contribution >= 0.6 is 0 Å². The molecule has 0 aliphatic heterocycles. The second-order valence-electron chi connectivity index (χ2n) is 6.59. The molecule has 2 aromatic rings. The standard InChI is InChI=1S/C23H28O3/c1-3-5-7-8-18-10-12-20(13-11-18)23(25)26-21-16-14-19(15-17-21)22(24)9-6-4-2/h10-17H,3-9H2,1-2H3. The van der Waals surface area contributed by atoms with E-state index >= 15 is 0 Å². The van der Waals surface area contributed by atoms with Crippen molar-refractivity contribution in [2.75, 3.05) is 0 Å². The van der Waals surface area contributed by atoms with Crippen LogP contribution < -0.4 is 4.74 Å².